The van der Waals surface area contributed by atoms with Crippen molar-refractivity contribution >= 4 is 34.4 Å². The molecule has 0 atom stereocenters. The maximum absolute atomic E-state index is 13.0. The average molecular weight is 551 g/mol. The van der Waals surface area contributed by atoms with Crippen LogP contribution in [0.5, 0.6) is 5.75 Å². The van der Waals surface area contributed by atoms with Gasteiger partial charge in [0.25, 0.3) is 11.8 Å². The van der Waals surface area contributed by atoms with Crippen LogP contribution in [0.1, 0.15) is 57.8 Å². The van der Waals surface area contributed by atoms with Crippen molar-refractivity contribution in [3.63, 3.8) is 0 Å². The van der Waals surface area contributed by atoms with E-state index in [-0.39, 0.29) is 41.5 Å². The second-order valence-corrected chi connectivity index (χ2v) is 9.12. The molecule has 208 valence electrons. The van der Waals surface area contributed by atoms with Crippen molar-refractivity contribution in [1.82, 2.24) is 25.6 Å². The second kappa shape index (κ2) is 11.9. The Bertz CT molecular complexity index is 1550. The Kier molecular flexibility index (Phi) is 8.37. The first kappa shape index (κ1) is 28.1. The number of halogens is 2. The highest BCUT2D eigenvalue weighted by atomic mass is 19.3. The van der Waals surface area contributed by atoms with Gasteiger partial charge in [-0.2, -0.15) is 8.78 Å². The molecule has 0 saturated carbocycles. The monoisotopic (exact) mass is 550 g/mol. The minimum atomic E-state index is -3.29. The number of aryl methyl sites for hydroxylation is 1. The van der Waals surface area contributed by atoms with Crippen LogP contribution < -0.4 is 20.7 Å². The molecule has 0 aliphatic carbocycles. The van der Waals surface area contributed by atoms with E-state index in [1.807, 2.05) is 19.1 Å². The minimum absolute atomic E-state index is 0.00721. The van der Waals surface area contributed by atoms with Crippen LogP contribution in [0, 0.1) is 6.92 Å². The molecular weight excluding hydrogens is 522 g/mol. The van der Waals surface area contributed by atoms with Gasteiger partial charge in [-0.15, -0.1) is 0 Å². The van der Waals surface area contributed by atoms with Gasteiger partial charge in [0, 0.05) is 38.3 Å². The molecule has 4 rings (SSSR count). The van der Waals surface area contributed by atoms with Crippen LogP contribution in [0.4, 0.5) is 14.5 Å². The van der Waals surface area contributed by atoms with Gasteiger partial charge in [-0.05, 0) is 41.8 Å². The van der Waals surface area contributed by atoms with Gasteiger partial charge in [0.2, 0.25) is 5.91 Å². The molecule has 0 unspecified atom stereocenters. The summed E-state index contributed by atoms with van der Waals surface area (Å²) in [5, 5.41) is 8.39. The molecule has 12 heteroatoms. The van der Waals surface area contributed by atoms with Crippen LogP contribution in [0.2, 0.25) is 0 Å². The van der Waals surface area contributed by atoms with Gasteiger partial charge in [-0.3, -0.25) is 14.4 Å². The van der Waals surface area contributed by atoms with E-state index >= 15 is 0 Å². The third-order valence-electron chi connectivity index (χ3n) is 5.95. The molecule has 4 N–H and O–H groups in total. The van der Waals surface area contributed by atoms with Crippen molar-refractivity contribution in [2.75, 3.05) is 5.32 Å². The SMILES string of the molecule is CCC(=O)Nc1cc(CNC(=O)c2ncnc3c(C(=O)NCc4ccc(OC(C)(F)F)cc4)c[nH]c23)ccc1C. The Labute approximate surface area is 228 Å². The van der Waals surface area contributed by atoms with Crippen LogP contribution in [0.25, 0.3) is 11.0 Å². The number of alkyl halides is 2. The fourth-order valence-corrected chi connectivity index (χ4v) is 3.86. The minimum Gasteiger partial charge on any atom is -0.433 e. The van der Waals surface area contributed by atoms with E-state index in [1.54, 1.807) is 25.1 Å². The normalized spacial score (nSPS) is 11.2. The summed E-state index contributed by atoms with van der Waals surface area (Å²) in [7, 11) is 0. The number of rotatable bonds is 10. The number of benzene rings is 2. The molecular formula is C28H28F2N6O4. The summed E-state index contributed by atoms with van der Waals surface area (Å²) in [6.07, 6.45) is -0.297. The Hall–Kier alpha value is -4.87. The number of ether oxygens (including phenoxy) is 1. The Morgan fingerprint density at radius 2 is 1.65 bits per heavy atom. The summed E-state index contributed by atoms with van der Waals surface area (Å²) in [4.78, 5) is 48.8. The number of aromatic nitrogens is 3. The second-order valence-electron chi connectivity index (χ2n) is 9.12. The van der Waals surface area contributed by atoms with Crippen molar-refractivity contribution in [3.05, 3.63) is 82.9 Å². The maximum atomic E-state index is 13.0. The molecule has 0 aliphatic heterocycles. The fraction of sp³-hybridized carbons (Fsp3) is 0.250. The Morgan fingerprint density at radius 3 is 2.35 bits per heavy atom. The smallest absolute Gasteiger partial charge is 0.394 e. The first-order valence-electron chi connectivity index (χ1n) is 12.5. The number of hydrogen-bond acceptors (Lipinski definition) is 6. The molecule has 0 spiro atoms. The van der Waals surface area contributed by atoms with E-state index in [0.717, 1.165) is 11.1 Å². The third-order valence-corrected chi connectivity index (χ3v) is 5.95. The molecule has 2 heterocycles. The number of nitrogens with one attached hydrogen (secondary N) is 4. The van der Waals surface area contributed by atoms with Gasteiger partial charge in [-0.1, -0.05) is 31.2 Å². The van der Waals surface area contributed by atoms with Gasteiger partial charge in [-0.25, -0.2) is 9.97 Å². The molecule has 4 aromatic rings. The van der Waals surface area contributed by atoms with E-state index in [0.29, 0.717) is 30.1 Å². The Balaban J connectivity index is 1.41. The topological polar surface area (TPSA) is 138 Å². The van der Waals surface area contributed by atoms with Gasteiger partial charge in [0.15, 0.2) is 5.69 Å². The quantitative estimate of drug-likeness (QED) is 0.230. The van der Waals surface area contributed by atoms with Crippen LogP contribution in [-0.4, -0.2) is 38.8 Å². The molecule has 2 aromatic heterocycles. The van der Waals surface area contributed by atoms with E-state index in [2.05, 4.69) is 35.6 Å². The number of nitrogens with zero attached hydrogens (tertiary/aromatic N) is 2. The third kappa shape index (κ3) is 6.95. The fourth-order valence-electron chi connectivity index (χ4n) is 3.86. The molecule has 2 aromatic carbocycles. The summed E-state index contributed by atoms with van der Waals surface area (Å²) >= 11 is 0. The zero-order chi connectivity index (χ0) is 28.9. The first-order valence-corrected chi connectivity index (χ1v) is 12.5. The number of anilines is 1. The standard InChI is InChI=1S/C28H28F2N6O4/c1-4-22(37)36-21-11-18(6-5-16(21)2)13-33-27(39)25-24-23(34-15-35-25)20(14-31-24)26(38)32-12-17-7-9-19(10-8-17)40-28(3,29)30/h5-11,14-15,31H,4,12-13H2,1-3H3,(H,32,38)(H,33,39)(H,36,37). The molecule has 0 fully saturated rings. The number of carbonyl (C=O) groups is 3. The van der Waals surface area contributed by atoms with E-state index in [4.69, 9.17) is 0 Å². The number of amides is 3. The molecule has 0 radical (unpaired) electrons. The number of fused-ring (bicyclic) bond motifs is 1. The van der Waals surface area contributed by atoms with Crippen molar-refractivity contribution in [2.45, 2.75) is 46.4 Å². The van der Waals surface area contributed by atoms with Crippen LogP contribution >= 0.6 is 0 Å². The van der Waals surface area contributed by atoms with E-state index in [1.165, 1.54) is 24.7 Å². The molecule has 3 amide bonds. The van der Waals surface area contributed by atoms with Crippen LogP contribution in [0.15, 0.2) is 55.0 Å². The highest BCUT2D eigenvalue weighted by Crippen LogP contribution is 2.22. The highest BCUT2D eigenvalue weighted by Gasteiger charge is 2.23. The summed E-state index contributed by atoms with van der Waals surface area (Å²) in [5.74, 6) is -1.02. The van der Waals surface area contributed by atoms with Crippen LogP contribution in [-0.2, 0) is 17.9 Å². The van der Waals surface area contributed by atoms with E-state index < -0.39 is 17.9 Å². The lowest BCUT2D eigenvalue weighted by Crippen LogP contribution is -2.25. The Morgan fingerprint density at radius 1 is 0.975 bits per heavy atom. The predicted molar refractivity (Wildman–Crippen MR) is 144 cm³/mol. The number of H-pyrrole nitrogens is 1. The molecule has 0 saturated heterocycles. The van der Waals surface area contributed by atoms with Gasteiger partial charge in [0.1, 0.15) is 17.6 Å². The highest BCUT2D eigenvalue weighted by molar-refractivity contribution is 6.10. The summed E-state index contributed by atoms with van der Waals surface area (Å²) < 4.78 is 30.5. The van der Waals surface area contributed by atoms with Gasteiger partial charge < -0.3 is 25.7 Å². The lowest BCUT2D eigenvalue weighted by Gasteiger charge is -2.13. The summed E-state index contributed by atoms with van der Waals surface area (Å²) in [6, 6.07) is 11.4. The van der Waals surface area contributed by atoms with Gasteiger partial charge in [0.05, 0.1) is 11.1 Å². The van der Waals surface area contributed by atoms with E-state index in [9.17, 15) is 23.2 Å². The molecule has 10 nitrogen and oxygen atoms in total. The predicted octanol–water partition coefficient (Wildman–Crippen LogP) is 4.47. The number of carbonyl (C=O) groups excluding carboxylic acids is 3. The van der Waals surface area contributed by atoms with Crippen molar-refractivity contribution in [1.29, 1.82) is 0 Å². The molecule has 0 aliphatic rings. The summed E-state index contributed by atoms with van der Waals surface area (Å²) in [6.45, 7) is 4.61. The largest absolute Gasteiger partial charge is 0.433 e. The van der Waals surface area contributed by atoms with Gasteiger partial charge >= 0.3 is 6.11 Å². The zero-order valence-corrected chi connectivity index (χ0v) is 22.1. The average Bonchev–Trinajstić information content (AvgIpc) is 3.36. The summed E-state index contributed by atoms with van der Waals surface area (Å²) in [5.41, 5.74) is 3.88. The number of hydrogen-bond donors (Lipinski definition) is 4. The van der Waals surface area contributed by atoms with Crippen molar-refractivity contribution in [3.8, 4) is 5.75 Å². The molecule has 40 heavy (non-hydrogen) atoms. The first-order chi connectivity index (χ1) is 19.0. The van der Waals surface area contributed by atoms with Crippen LogP contribution in [0.3, 0.4) is 0 Å². The zero-order valence-electron chi connectivity index (χ0n) is 22.1. The van der Waals surface area contributed by atoms with Crippen molar-refractivity contribution in [2.24, 2.45) is 0 Å². The van der Waals surface area contributed by atoms with Crippen molar-refractivity contribution < 1.29 is 27.9 Å². The molecule has 0 bridgehead atoms. The lowest BCUT2D eigenvalue weighted by molar-refractivity contribution is -0.158. The maximum Gasteiger partial charge on any atom is 0.394 e. The number of aromatic amines is 1. The lowest BCUT2D eigenvalue weighted by atomic mass is 10.1.